The smallest absolute Gasteiger partial charge is 0.269 e. The van der Waals surface area contributed by atoms with Crippen LogP contribution in [-0.2, 0) is 11.2 Å². The molecule has 0 atom stereocenters. The average molecular weight is 418 g/mol. The Bertz CT molecular complexity index is 1050. The summed E-state index contributed by atoms with van der Waals surface area (Å²) in [6, 6.07) is 14.3. The zero-order chi connectivity index (χ0) is 20.1. The molecule has 7 nitrogen and oxygen atoms in total. The van der Waals surface area contributed by atoms with Crippen molar-refractivity contribution in [2.24, 2.45) is 5.10 Å². The molecule has 0 radical (unpaired) electrons. The summed E-state index contributed by atoms with van der Waals surface area (Å²) in [6.07, 6.45) is 1.41. The molecule has 0 aliphatic heterocycles. The number of nitrogens with zero attached hydrogens (tertiary/aromatic N) is 2. The number of non-ortho nitro benzene ring substituents is 1. The van der Waals surface area contributed by atoms with Crippen molar-refractivity contribution in [1.82, 2.24) is 5.43 Å². The molecule has 0 fully saturated rings. The highest BCUT2D eigenvalue weighted by atomic mass is 35.5. The number of nitro groups is 1. The number of nitro benzene ring substituents is 1. The zero-order valence-electron chi connectivity index (χ0n) is 14.3. The molecule has 0 spiro atoms. The first-order chi connectivity index (χ1) is 13.4. The number of nitrogens with one attached hydrogen (secondary N) is 1. The Balaban J connectivity index is 1.57. The summed E-state index contributed by atoms with van der Waals surface area (Å²) in [4.78, 5) is 22.0. The van der Waals surface area contributed by atoms with Gasteiger partial charge in [-0.3, -0.25) is 14.9 Å². The minimum Gasteiger partial charge on any atom is -0.455 e. The Kier molecular flexibility index (Phi) is 6.08. The van der Waals surface area contributed by atoms with Crippen molar-refractivity contribution in [2.45, 2.75) is 6.42 Å². The Morgan fingerprint density at radius 2 is 1.86 bits per heavy atom. The van der Waals surface area contributed by atoms with Gasteiger partial charge in [0.15, 0.2) is 0 Å². The largest absolute Gasteiger partial charge is 0.455 e. The summed E-state index contributed by atoms with van der Waals surface area (Å²) in [5, 5.41) is 15.3. The van der Waals surface area contributed by atoms with Gasteiger partial charge >= 0.3 is 0 Å². The van der Waals surface area contributed by atoms with Gasteiger partial charge in [0.1, 0.15) is 11.5 Å². The molecule has 0 saturated heterocycles. The Morgan fingerprint density at radius 3 is 2.54 bits per heavy atom. The van der Waals surface area contributed by atoms with Crippen molar-refractivity contribution in [3.8, 4) is 11.3 Å². The first-order valence-corrected chi connectivity index (χ1v) is 8.78. The molecule has 142 valence electrons. The highest BCUT2D eigenvalue weighted by Crippen LogP contribution is 2.29. The van der Waals surface area contributed by atoms with Crippen LogP contribution in [0.2, 0.25) is 10.0 Å². The van der Waals surface area contributed by atoms with Crippen LogP contribution < -0.4 is 5.43 Å². The van der Waals surface area contributed by atoms with Crippen LogP contribution in [0.3, 0.4) is 0 Å². The molecule has 1 aromatic heterocycles. The van der Waals surface area contributed by atoms with Crippen LogP contribution in [0.25, 0.3) is 11.3 Å². The molecule has 1 amide bonds. The Labute approximate surface area is 169 Å². The summed E-state index contributed by atoms with van der Waals surface area (Å²) in [6.45, 7) is 0. The molecule has 0 aliphatic rings. The van der Waals surface area contributed by atoms with Gasteiger partial charge in [0.05, 0.1) is 27.6 Å². The van der Waals surface area contributed by atoms with E-state index >= 15 is 0 Å². The fourth-order valence-corrected chi connectivity index (χ4v) is 2.65. The minimum atomic E-state index is -0.496. The number of hydrogen-bond acceptors (Lipinski definition) is 5. The number of amides is 1. The van der Waals surface area contributed by atoms with E-state index in [0.717, 1.165) is 5.56 Å². The number of furan rings is 1. The number of carbonyl (C=O) groups excluding carboxylic acids is 1. The van der Waals surface area contributed by atoms with Gasteiger partial charge in [-0.1, -0.05) is 35.3 Å². The van der Waals surface area contributed by atoms with Gasteiger partial charge in [0.2, 0.25) is 5.91 Å². The van der Waals surface area contributed by atoms with E-state index in [1.807, 2.05) is 0 Å². The average Bonchev–Trinajstić information content (AvgIpc) is 3.13. The van der Waals surface area contributed by atoms with E-state index in [-0.39, 0.29) is 18.0 Å². The quantitative estimate of drug-likeness (QED) is 0.351. The maximum Gasteiger partial charge on any atom is 0.269 e. The van der Waals surface area contributed by atoms with Gasteiger partial charge < -0.3 is 4.42 Å². The van der Waals surface area contributed by atoms with Gasteiger partial charge in [-0.2, -0.15) is 5.10 Å². The first kappa shape index (κ1) is 19.6. The molecule has 3 aromatic rings. The number of hydrazone groups is 1. The van der Waals surface area contributed by atoms with Crippen LogP contribution in [0.5, 0.6) is 0 Å². The van der Waals surface area contributed by atoms with E-state index in [1.54, 1.807) is 30.3 Å². The molecule has 1 heterocycles. The highest BCUT2D eigenvalue weighted by molar-refractivity contribution is 6.42. The Morgan fingerprint density at radius 1 is 1.11 bits per heavy atom. The van der Waals surface area contributed by atoms with E-state index < -0.39 is 4.92 Å². The number of hydrogen-bond donors (Lipinski definition) is 1. The number of rotatable bonds is 6. The lowest BCUT2D eigenvalue weighted by molar-refractivity contribution is -0.384. The van der Waals surface area contributed by atoms with Crippen LogP contribution in [0, 0.1) is 10.1 Å². The van der Waals surface area contributed by atoms with Gasteiger partial charge in [0, 0.05) is 17.7 Å². The van der Waals surface area contributed by atoms with Crippen LogP contribution in [0.4, 0.5) is 5.69 Å². The predicted octanol–water partition coefficient (Wildman–Crippen LogP) is 4.85. The van der Waals surface area contributed by atoms with Crippen molar-refractivity contribution >= 4 is 41.0 Å². The second-order valence-corrected chi connectivity index (χ2v) is 6.54. The second kappa shape index (κ2) is 8.69. The van der Waals surface area contributed by atoms with Crippen LogP contribution in [0.1, 0.15) is 11.3 Å². The molecule has 1 N–H and O–H groups in total. The minimum absolute atomic E-state index is 0.0298. The van der Waals surface area contributed by atoms with Gasteiger partial charge in [-0.15, -0.1) is 0 Å². The predicted molar refractivity (Wildman–Crippen MR) is 107 cm³/mol. The van der Waals surface area contributed by atoms with Crippen molar-refractivity contribution in [2.75, 3.05) is 0 Å². The lowest BCUT2D eigenvalue weighted by atomic mass is 10.1. The number of carbonyl (C=O) groups is 1. The zero-order valence-corrected chi connectivity index (χ0v) is 15.8. The standard InChI is InChI=1S/C19H13Cl2N3O4/c20-16-7-3-13(10-17(16)21)18-8-6-15(28-18)11-22-23-19(25)9-12-1-4-14(5-2-12)24(26)27/h1-8,10-11H,9H2,(H,23,25)/b22-11-. The number of benzene rings is 2. The van der Waals surface area contributed by atoms with E-state index in [2.05, 4.69) is 10.5 Å². The normalized spacial score (nSPS) is 10.9. The van der Waals surface area contributed by atoms with E-state index in [0.29, 0.717) is 27.1 Å². The third kappa shape index (κ3) is 4.97. The molecule has 2 aromatic carbocycles. The van der Waals surface area contributed by atoms with Gasteiger partial charge in [-0.25, -0.2) is 5.43 Å². The Hall–Kier alpha value is -3.16. The SMILES string of the molecule is O=C(Cc1ccc([N+](=O)[O-])cc1)N/N=C\c1ccc(-c2ccc(Cl)c(Cl)c2)o1. The summed E-state index contributed by atoms with van der Waals surface area (Å²) in [7, 11) is 0. The number of halogens is 2. The lowest BCUT2D eigenvalue weighted by Gasteiger charge is -2.00. The van der Waals surface area contributed by atoms with Crippen LogP contribution >= 0.6 is 23.2 Å². The summed E-state index contributed by atoms with van der Waals surface area (Å²) in [5.41, 5.74) is 3.75. The van der Waals surface area contributed by atoms with E-state index in [9.17, 15) is 14.9 Å². The maximum absolute atomic E-state index is 11.9. The van der Waals surface area contributed by atoms with Crippen molar-refractivity contribution in [1.29, 1.82) is 0 Å². The van der Waals surface area contributed by atoms with Crippen LogP contribution in [-0.4, -0.2) is 17.0 Å². The molecule has 3 rings (SSSR count). The fourth-order valence-electron chi connectivity index (χ4n) is 2.36. The third-order valence-corrected chi connectivity index (χ3v) is 4.46. The maximum atomic E-state index is 11.9. The summed E-state index contributed by atoms with van der Waals surface area (Å²) >= 11 is 11.9. The molecule has 0 aliphatic carbocycles. The van der Waals surface area contributed by atoms with Gasteiger partial charge in [-0.05, 0) is 35.9 Å². The van der Waals surface area contributed by atoms with Crippen molar-refractivity contribution < 1.29 is 14.1 Å². The molecule has 0 unspecified atom stereocenters. The second-order valence-electron chi connectivity index (χ2n) is 5.72. The van der Waals surface area contributed by atoms with Crippen molar-refractivity contribution in [3.63, 3.8) is 0 Å². The summed E-state index contributed by atoms with van der Waals surface area (Å²) in [5.74, 6) is 0.662. The third-order valence-electron chi connectivity index (χ3n) is 3.72. The molecule has 0 bridgehead atoms. The van der Waals surface area contributed by atoms with Gasteiger partial charge in [0.25, 0.3) is 5.69 Å². The fraction of sp³-hybridized carbons (Fsp3) is 0.0526. The molecular weight excluding hydrogens is 405 g/mol. The van der Waals surface area contributed by atoms with Crippen LogP contribution in [0.15, 0.2) is 64.1 Å². The first-order valence-electron chi connectivity index (χ1n) is 8.03. The molecule has 0 saturated carbocycles. The lowest BCUT2D eigenvalue weighted by Crippen LogP contribution is -2.19. The van der Waals surface area contributed by atoms with E-state index in [4.69, 9.17) is 27.6 Å². The van der Waals surface area contributed by atoms with E-state index in [1.165, 1.54) is 30.5 Å². The topological polar surface area (TPSA) is 97.7 Å². The van der Waals surface area contributed by atoms with Crippen molar-refractivity contribution in [3.05, 3.63) is 86.1 Å². The molecular formula is C19H13Cl2N3O4. The summed E-state index contributed by atoms with van der Waals surface area (Å²) < 4.78 is 5.63. The molecule has 9 heteroatoms. The highest BCUT2D eigenvalue weighted by Gasteiger charge is 2.08. The molecule has 28 heavy (non-hydrogen) atoms. The monoisotopic (exact) mass is 417 g/mol.